The molecule has 2 bridgehead atoms. The van der Waals surface area contributed by atoms with Crippen molar-refractivity contribution in [2.45, 2.75) is 28.4 Å². The van der Waals surface area contributed by atoms with Crippen LogP contribution >= 0.6 is 0 Å². The van der Waals surface area contributed by atoms with Crippen LogP contribution in [0, 0.1) is 11.3 Å². The number of hydrogen-bond acceptors (Lipinski definition) is 3. The second-order valence-electron chi connectivity index (χ2n) is 5.80. The Labute approximate surface area is 123 Å². The van der Waals surface area contributed by atoms with E-state index in [1.165, 1.54) is 0 Å². The molecule has 0 saturated heterocycles. The first-order valence-corrected chi connectivity index (χ1v) is 8.46. The minimum absolute atomic E-state index is 0.331. The van der Waals surface area contributed by atoms with Crippen LogP contribution in [0.5, 0.6) is 0 Å². The average molecular weight is 295 g/mol. The first kappa shape index (κ1) is 12.6. The molecule has 0 amide bonds. The third kappa shape index (κ3) is 1.50. The van der Waals surface area contributed by atoms with Gasteiger partial charge in [-0.3, -0.25) is 0 Å². The highest BCUT2D eigenvalue weighted by Crippen LogP contribution is 2.53. The summed E-state index contributed by atoms with van der Waals surface area (Å²) in [6.07, 6.45) is 0.947. The van der Waals surface area contributed by atoms with E-state index in [4.69, 9.17) is 0 Å². The predicted octanol–water partition coefficient (Wildman–Crippen LogP) is 2.92. The lowest BCUT2D eigenvalue weighted by Gasteiger charge is -2.42. The molecule has 104 valence electrons. The van der Waals surface area contributed by atoms with Gasteiger partial charge in [-0.15, -0.1) is 0 Å². The number of nitriles is 1. The maximum atomic E-state index is 12.9. The van der Waals surface area contributed by atoms with E-state index in [1.807, 2.05) is 30.3 Å². The first-order chi connectivity index (χ1) is 10.1. The van der Waals surface area contributed by atoms with Crippen molar-refractivity contribution in [1.29, 1.82) is 5.26 Å². The lowest BCUT2D eigenvalue weighted by atomic mass is 9.68. The van der Waals surface area contributed by atoms with Gasteiger partial charge in [0.2, 0.25) is 0 Å². The predicted molar refractivity (Wildman–Crippen MR) is 78.4 cm³/mol. The number of hydrogen-bond donors (Lipinski definition) is 0. The minimum atomic E-state index is -3.43. The van der Waals surface area contributed by atoms with Crippen molar-refractivity contribution in [3.05, 3.63) is 65.2 Å². The summed E-state index contributed by atoms with van der Waals surface area (Å²) >= 11 is 0. The smallest absolute Gasteiger partial charge is 0.185 e. The molecule has 2 atom stereocenters. The Morgan fingerprint density at radius 1 is 1.10 bits per heavy atom. The molecular formula is C17H13NO2S. The van der Waals surface area contributed by atoms with E-state index in [9.17, 15) is 13.7 Å². The number of fused-ring (bicyclic) bond motifs is 6. The number of nitrogens with zero attached hydrogens (tertiary/aromatic N) is 1. The minimum Gasteiger partial charge on any atom is -0.223 e. The second kappa shape index (κ2) is 3.96. The third-order valence-electron chi connectivity index (χ3n) is 4.73. The Morgan fingerprint density at radius 3 is 2.62 bits per heavy atom. The number of benzene rings is 2. The summed E-state index contributed by atoms with van der Waals surface area (Å²) in [5, 5.41) is 9.19. The van der Waals surface area contributed by atoms with E-state index in [0.29, 0.717) is 23.3 Å². The van der Waals surface area contributed by atoms with Crippen LogP contribution in [0.2, 0.25) is 0 Å². The maximum absolute atomic E-state index is 12.9. The van der Waals surface area contributed by atoms with Gasteiger partial charge in [0.25, 0.3) is 0 Å². The number of rotatable bonds is 0. The van der Waals surface area contributed by atoms with Gasteiger partial charge in [0.05, 0.1) is 21.6 Å². The van der Waals surface area contributed by atoms with Crippen molar-refractivity contribution in [1.82, 2.24) is 0 Å². The maximum Gasteiger partial charge on any atom is 0.185 e. The standard InChI is InChI=1S/C17H13NO2S/c18-11-17-9-12-5-1-2-6-13(12)16(10-17)21(19,20)15-8-4-3-7-14(15)17/h1-8,16H,9-10H2. The van der Waals surface area contributed by atoms with Crippen LogP contribution < -0.4 is 0 Å². The highest BCUT2D eigenvalue weighted by molar-refractivity contribution is 7.91. The van der Waals surface area contributed by atoms with Crippen molar-refractivity contribution in [3.63, 3.8) is 0 Å². The SMILES string of the molecule is N#CC12Cc3ccccc3C(C1)S(=O)(=O)c1ccccc12. The molecule has 0 N–H and O–H groups in total. The zero-order valence-corrected chi connectivity index (χ0v) is 12.1. The Bertz CT molecular complexity index is 895. The molecule has 21 heavy (non-hydrogen) atoms. The summed E-state index contributed by atoms with van der Waals surface area (Å²) in [6.45, 7) is 0. The van der Waals surface area contributed by atoms with Gasteiger partial charge in [0.15, 0.2) is 9.84 Å². The third-order valence-corrected chi connectivity index (χ3v) is 6.86. The van der Waals surface area contributed by atoms with Gasteiger partial charge in [-0.25, -0.2) is 8.42 Å². The quantitative estimate of drug-likeness (QED) is 0.751. The van der Waals surface area contributed by atoms with Crippen LogP contribution in [0.25, 0.3) is 0 Å². The van der Waals surface area contributed by atoms with E-state index >= 15 is 0 Å². The van der Waals surface area contributed by atoms with Crippen LogP contribution in [0.1, 0.15) is 28.4 Å². The fraction of sp³-hybridized carbons (Fsp3) is 0.235. The molecule has 2 aromatic carbocycles. The summed E-state index contributed by atoms with van der Waals surface area (Å²) in [4.78, 5) is 0.331. The molecule has 0 saturated carbocycles. The fourth-order valence-electron chi connectivity index (χ4n) is 3.72. The van der Waals surface area contributed by atoms with Gasteiger partial charge < -0.3 is 0 Å². The van der Waals surface area contributed by atoms with E-state index < -0.39 is 20.5 Å². The Kier molecular flexibility index (Phi) is 2.38. The van der Waals surface area contributed by atoms with Crippen molar-refractivity contribution in [3.8, 4) is 6.07 Å². The molecule has 3 nitrogen and oxygen atoms in total. The molecule has 4 rings (SSSR count). The summed E-state index contributed by atoms with van der Waals surface area (Å²) < 4.78 is 25.9. The summed E-state index contributed by atoms with van der Waals surface area (Å²) in [5.41, 5.74) is 1.78. The van der Waals surface area contributed by atoms with E-state index in [1.54, 1.807) is 18.2 Å². The Hall–Kier alpha value is -2.12. The van der Waals surface area contributed by atoms with Gasteiger partial charge in [-0.2, -0.15) is 5.26 Å². The lowest BCUT2D eigenvalue weighted by molar-refractivity contribution is 0.426. The number of sulfone groups is 1. The van der Waals surface area contributed by atoms with E-state index in [-0.39, 0.29) is 0 Å². The zero-order valence-electron chi connectivity index (χ0n) is 11.3. The molecule has 2 aliphatic rings. The largest absolute Gasteiger partial charge is 0.223 e. The fourth-order valence-corrected chi connectivity index (χ4v) is 5.94. The molecular weight excluding hydrogens is 282 g/mol. The molecule has 0 spiro atoms. The monoisotopic (exact) mass is 295 g/mol. The molecule has 4 heteroatoms. The van der Waals surface area contributed by atoms with E-state index in [0.717, 1.165) is 11.1 Å². The van der Waals surface area contributed by atoms with Crippen LogP contribution in [-0.4, -0.2) is 8.42 Å². The van der Waals surface area contributed by atoms with Gasteiger partial charge in [0.1, 0.15) is 0 Å². The Morgan fingerprint density at radius 2 is 1.81 bits per heavy atom. The normalized spacial score (nSPS) is 28.0. The molecule has 1 aliphatic heterocycles. The molecule has 1 aliphatic carbocycles. The van der Waals surface area contributed by atoms with E-state index in [2.05, 4.69) is 6.07 Å². The van der Waals surface area contributed by atoms with Crippen LogP contribution in [0.15, 0.2) is 53.4 Å². The first-order valence-electron chi connectivity index (χ1n) is 6.91. The van der Waals surface area contributed by atoms with Crippen LogP contribution in [0.4, 0.5) is 0 Å². The van der Waals surface area contributed by atoms with Gasteiger partial charge in [-0.05, 0) is 35.6 Å². The molecule has 0 radical (unpaired) electrons. The van der Waals surface area contributed by atoms with Crippen LogP contribution in [0.3, 0.4) is 0 Å². The summed E-state index contributed by atoms with van der Waals surface area (Å²) in [7, 11) is -3.43. The molecule has 2 unspecified atom stereocenters. The average Bonchev–Trinajstić information content (AvgIpc) is 2.53. The van der Waals surface area contributed by atoms with Crippen LogP contribution in [-0.2, 0) is 21.7 Å². The zero-order chi connectivity index (χ0) is 14.7. The van der Waals surface area contributed by atoms with Crippen molar-refractivity contribution in [2.24, 2.45) is 0 Å². The Balaban J connectivity index is 2.11. The molecule has 2 aromatic rings. The van der Waals surface area contributed by atoms with Gasteiger partial charge in [-0.1, -0.05) is 42.5 Å². The van der Waals surface area contributed by atoms with Crippen molar-refractivity contribution < 1.29 is 8.42 Å². The molecule has 0 aromatic heterocycles. The topological polar surface area (TPSA) is 57.9 Å². The summed E-state index contributed by atoms with van der Waals surface area (Å²) in [5.74, 6) is 0. The van der Waals surface area contributed by atoms with Crippen molar-refractivity contribution >= 4 is 9.84 Å². The highest BCUT2D eigenvalue weighted by atomic mass is 32.2. The molecule has 1 heterocycles. The van der Waals surface area contributed by atoms with Crippen molar-refractivity contribution in [2.75, 3.05) is 0 Å². The lowest BCUT2D eigenvalue weighted by Crippen LogP contribution is -2.41. The van der Waals surface area contributed by atoms with Gasteiger partial charge >= 0.3 is 0 Å². The second-order valence-corrected chi connectivity index (χ2v) is 7.90. The summed E-state index contributed by atoms with van der Waals surface area (Å²) in [6, 6.07) is 17.0. The molecule has 0 fully saturated rings. The van der Waals surface area contributed by atoms with Gasteiger partial charge in [0, 0.05) is 0 Å². The highest BCUT2D eigenvalue weighted by Gasteiger charge is 2.52.